The first kappa shape index (κ1) is 26.1. The summed E-state index contributed by atoms with van der Waals surface area (Å²) in [4.78, 5) is 12.8. The Bertz CT molecular complexity index is 1290. The lowest BCUT2D eigenvalue weighted by molar-refractivity contribution is -0.116. The highest BCUT2D eigenvalue weighted by Crippen LogP contribution is 2.33. The van der Waals surface area contributed by atoms with Crippen LogP contribution in [0.4, 0.5) is 5.69 Å². The molecular weight excluding hydrogens is 523 g/mol. The molecule has 1 amide bonds. The van der Waals surface area contributed by atoms with Crippen LogP contribution in [0.1, 0.15) is 5.56 Å². The molecule has 34 heavy (non-hydrogen) atoms. The molecule has 0 aromatic heterocycles. The van der Waals surface area contributed by atoms with Gasteiger partial charge < -0.3 is 14.8 Å². The summed E-state index contributed by atoms with van der Waals surface area (Å²) < 4.78 is 38.6. The smallest absolute Gasteiger partial charge is 0.243 e. The van der Waals surface area contributed by atoms with Gasteiger partial charge in [0.05, 0.1) is 46.4 Å². The summed E-state index contributed by atoms with van der Waals surface area (Å²) in [5, 5.41) is 3.18. The molecule has 0 fully saturated rings. The molecule has 3 rings (SSSR count). The van der Waals surface area contributed by atoms with Gasteiger partial charge in [0.2, 0.25) is 15.9 Å². The van der Waals surface area contributed by atoms with Gasteiger partial charge in [-0.3, -0.25) is 4.79 Å². The maximum Gasteiger partial charge on any atom is 0.243 e. The van der Waals surface area contributed by atoms with E-state index in [0.29, 0.717) is 11.3 Å². The number of methoxy groups -OCH3 is 2. The van der Waals surface area contributed by atoms with Crippen LogP contribution in [0.3, 0.4) is 0 Å². The molecule has 0 heterocycles. The van der Waals surface area contributed by atoms with Crippen LogP contribution in [-0.2, 0) is 21.4 Å². The first-order chi connectivity index (χ1) is 16.1. The third-order valence-electron chi connectivity index (χ3n) is 4.80. The number of halogens is 3. The normalized spacial score (nSPS) is 11.4. The van der Waals surface area contributed by atoms with E-state index in [2.05, 4.69) is 5.32 Å². The van der Waals surface area contributed by atoms with Crippen molar-refractivity contribution in [3.8, 4) is 11.5 Å². The number of anilines is 1. The number of sulfonamides is 1. The Morgan fingerprint density at radius 1 is 0.882 bits per heavy atom. The predicted octanol–water partition coefficient (Wildman–Crippen LogP) is 5.49. The lowest BCUT2D eigenvalue weighted by atomic mass is 10.2. The van der Waals surface area contributed by atoms with E-state index in [1.165, 1.54) is 44.6 Å². The van der Waals surface area contributed by atoms with Crippen molar-refractivity contribution in [3.63, 3.8) is 0 Å². The van der Waals surface area contributed by atoms with Crippen molar-refractivity contribution in [2.75, 3.05) is 26.1 Å². The van der Waals surface area contributed by atoms with Gasteiger partial charge in [-0.2, -0.15) is 4.31 Å². The lowest BCUT2D eigenvalue weighted by Crippen LogP contribution is -2.37. The van der Waals surface area contributed by atoms with Gasteiger partial charge in [-0.15, -0.1) is 0 Å². The molecule has 0 aliphatic carbocycles. The second-order valence-corrected chi connectivity index (χ2v) is 10.2. The van der Waals surface area contributed by atoms with Crippen LogP contribution < -0.4 is 14.8 Å². The first-order valence-electron chi connectivity index (χ1n) is 9.86. The number of hydrogen-bond donors (Lipinski definition) is 1. The van der Waals surface area contributed by atoms with Crippen LogP contribution in [0.5, 0.6) is 11.5 Å². The number of nitrogens with one attached hydrogen (secondary N) is 1. The Kier molecular flexibility index (Phi) is 8.67. The summed E-state index contributed by atoms with van der Waals surface area (Å²) in [5.74, 6) is 0.0126. The summed E-state index contributed by atoms with van der Waals surface area (Å²) in [5.41, 5.74) is 0.913. The fourth-order valence-corrected chi connectivity index (χ4v) is 5.10. The van der Waals surface area contributed by atoms with Crippen LogP contribution in [0.15, 0.2) is 65.6 Å². The van der Waals surface area contributed by atoms with Crippen LogP contribution >= 0.6 is 34.8 Å². The van der Waals surface area contributed by atoms with Gasteiger partial charge in [-0.25, -0.2) is 8.42 Å². The zero-order valence-electron chi connectivity index (χ0n) is 18.2. The van der Waals surface area contributed by atoms with Crippen LogP contribution in [0, 0.1) is 0 Å². The Hall–Kier alpha value is -2.49. The second kappa shape index (κ2) is 11.3. The topological polar surface area (TPSA) is 84.9 Å². The molecule has 0 atom stereocenters. The molecule has 3 aromatic rings. The standard InChI is InChI=1S/C23H21Cl3N2O5S/c1-32-21-9-8-16(10-22(21)33-2)34(30,31)28(13-15-6-4-3-5-7-15)14-23(29)27-20-12-18(25)17(24)11-19(20)26/h3-12H,13-14H2,1-2H3,(H,27,29). The van der Waals surface area contributed by atoms with Crippen LogP contribution in [0.2, 0.25) is 15.1 Å². The average molecular weight is 544 g/mol. The minimum absolute atomic E-state index is 0.0416. The van der Waals surface area contributed by atoms with Crippen LogP contribution in [-0.4, -0.2) is 39.4 Å². The Morgan fingerprint density at radius 2 is 1.53 bits per heavy atom. The zero-order chi connectivity index (χ0) is 24.9. The Labute approximate surface area is 213 Å². The second-order valence-electron chi connectivity index (χ2n) is 7.07. The molecular formula is C23H21Cl3N2O5S. The van der Waals surface area contributed by atoms with E-state index in [4.69, 9.17) is 44.3 Å². The fourth-order valence-electron chi connectivity index (χ4n) is 3.11. The maximum absolute atomic E-state index is 13.5. The lowest BCUT2D eigenvalue weighted by Gasteiger charge is -2.23. The Balaban J connectivity index is 1.93. The summed E-state index contributed by atoms with van der Waals surface area (Å²) in [7, 11) is -1.25. The highest BCUT2D eigenvalue weighted by molar-refractivity contribution is 7.89. The monoisotopic (exact) mass is 542 g/mol. The highest BCUT2D eigenvalue weighted by Gasteiger charge is 2.28. The van der Waals surface area contributed by atoms with E-state index in [-0.39, 0.29) is 37.9 Å². The van der Waals surface area contributed by atoms with Crippen molar-refractivity contribution in [1.29, 1.82) is 0 Å². The summed E-state index contributed by atoms with van der Waals surface area (Å²) in [6.07, 6.45) is 0. The number of rotatable bonds is 9. The van der Waals surface area contributed by atoms with Crippen molar-refractivity contribution in [1.82, 2.24) is 4.31 Å². The molecule has 0 saturated heterocycles. The van der Waals surface area contributed by atoms with E-state index < -0.39 is 22.5 Å². The van der Waals surface area contributed by atoms with Gasteiger partial charge in [-0.1, -0.05) is 65.1 Å². The molecule has 11 heteroatoms. The van der Waals surface area contributed by atoms with E-state index in [0.717, 1.165) is 4.31 Å². The number of carbonyl (C=O) groups is 1. The minimum atomic E-state index is -4.11. The van der Waals surface area contributed by atoms with Crippen LogP contribution in [0.25, 0.3) is 0 Å². The first-order valence-corrected chi connectivity index (χ1v) is 12.4. The van der Waals surface area contributed by atoms with E-state index in [1.54, 1.807) is 24.3 Å². The molecule has 7 nitrogen and oxygen atoms in total. The molecule has 0 bridgehead atoms. The number of carbonyl (C=O) groups excluding carboxylic acids is 1. The van der Waals surface area contributed by atoms with Crippen molar-refractivity contribution >= 4 is 56.4 Å². The van der Waals surface area contributed by atoms with Gasteiger partial charge in [0.15, 0.2) is 11.5 Å². The SMILES string of the molecule is COc1ccc(S(=O)(=O)N(CC(=O)Nc2cc(Cl)c(Cl)cc2Cl)Cc2ccccc2)cc1OC. The summed E-state index contributed by atoms with van der Waals surface area (Å²) in [6.45, 7) is -0.526. The summed E-state index contributed by atoms with van der Waals surface area (Å²) in [6, 6.07) is 15.9. The third kappa shape index (κ3) is 6.14. The third-order valence-corrected chi connectivity index (χ3v) is 7.62. The molecule has 180 valence electrons. The molecule has 0 unspecified atom stereocenters. The van der Waals surface area contributed by atoms with Gasteiger partial charge in [0, 0.05) is 12.6 Å². The van der Waals surface area contributed by atoms with E-state index >= 15 is 0 Å². The fraction of sp³-hybridized carbons (Fsp3) is 0.174. The van der Waals surface area contributed by atoms with E-state index in [1.807, 2.05) is 6.07 Å². The quantitative estimate of drug-likeness (QED) is 0.361. The largest absolute Gasteiger partial charge is 0.493 e. The minimum Gasteiger partial charge on any atom is -0.493 e. The molecule has 0 radical (unpaired) electrons. The van der Waals surface area contributed by atoms with E-state index in [9.17, 15) is 13.2 Å². The van der Waals surface area contributed by atoms with Crippen molar-refractivity contribution in [2.45, 2.75) is 11.4 Å². The molecule has 3 aromatic carbocycles. The number of amides is 1. The predicted molar refractivity (Wildman–Crippen MR) is 134 cm³/mol. The number of nitrogens with zero attached hydrogens (tertiary/aromatic N) is 1. The number of benzene rings is 3. The number of hydrogen-bond acceptors (Lipinski definition) is 5. The van der Waals surface area contributed by atoms with Crippen molar-refractivity contribution < 1.29 is 22.7 Å². The van der Waals surface area contributed by atoms with Gasteiger partial charge >= 0.3 is 0 Å². The van der Waals surface area contributed by atoms with Gasteiger partial charge in [0.25, 0.3) is 0 Å². The molecule has 1 N–H and O–H groups in total. The Morgan fingerprint density at radius 3 is 2.18 bits per heavy atom. The molecule has 0 aliphatic rings. The van der Waals surface area contributed by atoms with Crippen molar-refractivity contribution in [2.24, 2.45) is 0 Å². The van der Waals surface area contributed by atoms with Gasteiger partial charge in [0.1, 0.15) is 0 Å². The molecule has 0 aliphatic heterocycles. The molecule has 0 saturated carbocycles. The van der Waals surface area contributed by atoms with Gasteiger partial charge in [-0.05, 0) is 29.8 Å². The zero-order valence-corrected chi connectivity index (χ0v) is 21.3. The molecule has 0 spiro atoms. The maximum atomic E-state index is 13.5. The summed E-state index contributed by atoms with van der Waals surface area (Å²) >= 11 is 18.1. The highest BCUT2D eigenvalue weighted by atomic mass is 35.5. The average Bonchev–Trinajstić information content (AvgIpc) is 2.82. The van der Waals surface area contributed by atoms with Crippen molar-refractivity contribution in [3.05, 3.63) is 81.3 Å². The number of ether oxygens (including phenoxy) is 2.